The highest BCUT2D eigenvalue weighted by Crippen LogP contribution is 2.18. The fourth-order valence-corrected chi connectivity index (χ4v) is 1.80. The average molecular weight is 251 g/mol. The lowest BCUT2D eigenvalue weighted by atomic mass is 10.1. The first-order valence-corrected chi connectivity index (χ1v) is 6.04. The second-order valence-corrected chi connectivity index (χ2v) is 4.16. The number of benzene rings is 2. The number of para-hydroxylation sites is 2. The van der Waals surface area contributed by atoms with Crippen molar-refractivity contribution in [2.45, 2.75) is 6.92 Å². The van der Waals surface area contributed by atoms with E-state index in [1.54, 1.807) is 0 Å². The number of aromatic nitrogens is 1. The van der Waals surface area contributed by atoms with Crippen molar-refractivity contribution in [2.24, 2.45) is 5.10 Å². The Morgan fingerprint density at radius 3 is 2.58 bits per heavy atom. The molecule has 0 aliphatic rings. The lowest BCUT2D eigenvalue weighted by Gasteiger charge is -1.99. The molecule has 0 fully saturated rings. The van der Waals surface area contributed by atoms with Crippen molar-refractivity contribution in [2.75, 3.05) is 5.43 Å². The minimum atomic E-state index is 0.400. The molecule has 0 unspecified atom stereocenters. The van der Waals surface area contributed by atoms with Gasteiger partial charge in [-0.1, -0.05) is 42.5 Å². The van der Waals surface area contributed by atoms with Gasteiger partial charge >= 0.3 is 6.01 Å². The third-order valence-electron chi connectivity index (χ3n) is 2.80. The molecule has 4 heteroatoms. The van der Waals surface area contributed by atoms with Crippen molar-refractivity contribution in [1.82, 2.24) is 4.98 Å². The number of anilines is 1. The monoisotopic (exact) mass is 251 g/mol. The van der Waals surface area contributed by atoms with Gasteiger partial charge in [-0.2, -0.15) is 10.1 Å². The first-order chi connectivity index (χ1) is 9.33. The van der Waals surface area contributed by atoms with E-state index in [0.717, 1.165) is 22.4 Å². The number of hydrogen-bond acceptors (Lipinski definition) is 4. The third kappa shape index (κ3) is 2.47. The second-order valence-electron chi connectivity index (χ2n) is 4.16. The van der Waals surface area contributed by atoms with Gasteiger partial charge in [0.15, 0.2) is 5.58 Å². The zero-order valence-corrected chi connectivity index (χ0v) is 10.5. The zero-order valence-electron chi connectivity index (χ0n) is 10.5. The van der Waals surface area contributed by atoms with E-state index in [0.29, 0.717) is 6.01 Å². The van der Waals surface area contributed by atoms with Gasteiger partial charge in [-0.15, -0.1) is 0 Å². The largest absolute Gasteiger partial charge is 0.422 e. The van der Waals surface area contributed by atoms with Crippen LogP contribution in [0, 0.1) is 0 Å². The fraction of sp³-hybridized carbons (Fsp3) is 0.0667. The van der Waals surface area contributed by atoms with Crippen molar-refractivity contribution >= 4 is 22.8 Å². The molecular weight excluding hydrogens is 238 g/mol. The number of hydrazone groups is 1. The number of nitrogens with one attached hydrogen (secondary N) is 1. The van der Waals surface area contributed by atoms with Crippen LogP contribution < -0.4 is 5.43 Å². The highest BCUT2D eigenvalue weighted by molar-refractivity contribution is 5.98. The van der Waals surface area contributed by atoms with Crippen molar-refractivity contribution in [3.05, 3.63) is 60.2 Å². The first-order valence-electron chi connectivity index (χ1n) is 6.04. The second kappa shape index (κ2) is 4.94. The molecule has 0 aliphatic carbocycles. The molecule has 0 saturated carbocycles. The Hall–Kier alpha value is -2.62. The summed E-state index contributed by atoms with van der Waals surface area (Å²) in [5, 5.41) is 4.27. The molecule has 19 heavy (non-hydrogen) atoms. The van der Waals surface area contributed by atoms with E-state index in [1.165, 1.54) is 0 Å². The Morgan fingerprint density at radius 1 is 1.05 bits per heavy atom. The predicted molar refractivity (Wildman–Crippen MR) is 76.3 cm³/mol. The van der Waals surface area contributed by atoms with Gasteiger partial charge < -0.3 is 4.42 Å². The summed E-state index contributed by atoms with van der Waals surface area (Å²) in [6, 6.07) is 18.0. The molecule has 0 atom stereocenters. The maximum Gasteiger partial charge on any atom is 0.316 e. The van der Waals surface area contributed by atoms with Gasteiger partial charge in [0.25, 0.3) is 0 Å². The highest BCUT2D eigenvalue weighted by atomic mass is 16.4. The van der Waals surface area contributed by atoms with Gasteiger partial charge in [-0.25, -0.2) is 5.43 Å². The molecule has 1 aromatic heterocycles. The Labute approximate surface area is 110 Å². The van der Waals surface area contributed by atoms with E-state index in [9.17, 15) is 0 Å². The van der Waals surface area contributed by atoms with Crippen molar-refractivity contribution in [1.29, 1.82) is 0 Å². The van der Waals surface area contributed by atoms with Crippen LogP contribution in [0.15, 0.2) is 64.1 Å². The lowest BCUT2D eigenvalue weighted by Crippen LogP contribution is -1.99. The zero-order chi connectivity index (χ0) is 13.1. The normalized spacial score (nSPS) is 11.7. The van der Waals surface area contributed by atoms with Crippen LogP contribution in [0.5, 0.6) is 0 Å². The quantitative estimate of drug-likeness (QED) is 0.571. The average Bonchev–Trinajstić information content (AvgIpc) is 2.88. The summed E-state index contributed by atoms with van der Waals surface area (Å²) in [6.07, 6.45) is 0. The maximum absolute atomic E-state index is 5.52. The van der Waals surface area contributed by atoms with Crippen molar-refractivity contribution in [3.63, 3.8) is 0 Å². The van der Waals surface area contributed by atoms with E-state index >= 15 is 0 Å². The molecule has 0 bridgehead atoms. The molecule has 0 spiro atoms. The minimum absolute atomic E-state index is 0.400. The van der Waals surface area contributed by atoms with Gasteiger partial charge in [0, 0.05) is 0 Å². The summed E-state index contributed by atoms with van der Waals surface area (Å²) in [5.74, 6) is 0. The molecule has 94 valence electrons. The van der Waals surface area contributed by atoms with E-state index in [2.05, 4.69) is 15.5 Å². The topological polar surface area (TPSA) is 50.4 Å². The van der Waals surface area contributed by atoms with Crippen molar-refractivity contribution in [3.8, 4) is 0 Å². The molecule has 0 saturated heterocycles. The highest BCUT2D eigenvalue weighted by Gasteiger charge is 2.03. The molecule has 4 nitrogen and oxygen atoms in total. The van der Waals surface area contributed by atoms with Gasteiger partial charge in [-0.3, -0.25) is 0 Å². The van der Waals surface area contributed by atoms with E-state index in [4.69, 9.17) is 4.42 Å². The van der Waals surface area contributed by atoms with Gasteiger partial charge in [-0.05, 0) is 24.6 Å². The summed E-state index contributed by atoms with van der Waals surface area (Å²) in [6.45, 7) is 1.94. The Bertz CT molecular complexity index is 683. The number of nitrogens with zero attached hydrogens (tertiary/aromatic N) is 2. The van der Waals surface area contributed by atoms with Crippen LogP contribution in [0.25, 0.3) is 11.1 Å². The molecule has 3 aromatic rings. The van der Waals surface area contributed by atoms with Crippen LogP contribution in [-0.4, -0.2) is 10.7 Å². The van der Waals surface area contributed by atoms with Gasteiger partial charge in [0.1, 0.15) is 5.52 Å². The SMILES string of the molecule is CC(=NNc1nc2ccccc2o1)c1ccccc1. The van der Waals surface area contributed by atoms with E-state index < -0.39 is 0 Å². The molecule has 1 N–H and O–H groups in total. The number of oxazole rings is 1. The van der Waals surface area contributed by atoms with Crippen LogP contribution in [0.1, 0.15) is 12.5 Å². The fourth-order valence-electron chi connectivity index (χ4n) is 1.80. The maximum atomic E-state index is 5.52. The molecule has 0 amide bonds. The Kier molecular flexibility index (Phi) is 2.98. The smallest absolute Gasteiger partial charge is 0.316 e. The van der Waals surface area contributed by atoms with Gasteiger partial charge in [0.2, 0.25) is 0 Å². The minimum Gasteiger partial charge on any atom is -0.422 e. The number of hydrogen-bond donors (Lipinski definition) is 1. The van der Waals surface area contributed by atoms with Crippen LogP contribution in [0.4, 0.5) is 6.01 Å². The molecule has 0 radical (unpaired) electrons. The Balaban J connectivity index is 1.82. The third-order valence-corrected chi connectivity index (χ3v) is 2.80. The van der Waals surface area contributed by atoms with E-state index in [-0.39, 0.29) is 0 Å². The van der Waals surface area contributed by atoms with Gasteiger partial charge in [0.05, 0.1) is 5.71 Å². The summed E-state index contributed by atoms with van der Waals surface area (Å²) in [7, 11) is 0. The molecular formula is C15H13N3O. The van der Waals surface area contributed by atoms with Crippen LogP contribution in [0.3, 0.4) is 0 Å². The first kappa shape index (κ1) is 11.5. The summed E-state index contributed by atoms with van der Waals surface area (Å²) >= 11 is 0. The summed E-state index contributed by atoms with van der Waals surface area (Å²) in [4.78, 5) is 4.29. The Morgan fingerprint density at radius 2 is 1.79 bits per heavy atom. The van der Waals surface area contributed by atoms with Crippen LogP contribution in [0.2, 0.25) is 0 Å². The van der Waals surface area contributed by atoms with Crippen molar-refractivity contribution < 1.29 is 4.42 Å². The summed E-state index contributed by atoms with van der Waals surface area (Å²) in [5.41, 5.74) is 6.35. The number of rotatable bonds is 3. The molecule has 2 aromatic carbocycles. The predicted octanol–water partition coefficient (Wildman–Crippen LogP) is 3.66. The standard InChI is InChI=1S/C15H13N3O/c1-11(12-7-3-2-4-8-12)17-18-15-16-13-9-5-6-10-14(13)19-15/h2-10H,1H3,(H,16,18). The molecule has 0 aliphatic heterocycles. The van der Waals surface area contributed by atoms with Crippen LogP contribution >= 0.6 is 0 Å². The lowest BCUT2D eigenvalue weighted by molar-refractivity contribution is 0.617. The molecule has 3 rings (SSSR count). The summed E-state index contributed by atoms with van der Waals surface area (Å²) < 4.78 is 5.52. The van der Waals surface area contributed by atoms with Crippen LogP contribution in [-0.2, 0) is 0 Å². The van der Waals surface area contributed by atoms with E-state index in [1.807, 2.05) is 61.5 Å². The molecule has 1 heterocycles. The number of fused-ring (bicyclic) bond motifs is 1.